The number of rotatable bonds is 9. The highest BCUT2D eigenvalue weighted by Crippen LogP contribution is 2.38. The molecule has 12 nitrogen and oxygen atoms in total. The number of benzene rings is 2. The molecule has 2 amide bonds. The summed E-state index contributed by atoms with van der Waals surface area (Å²) in [6, 6.07) is 13.7. The number of carbonyl (C=O) groups is 2. The Morgan fingerprint density at radius 1 is 1.02 bits per heavy atom. The van der Waals surface area contributed by atoms with Crippen molar-refractivity contribution in [2.45, 2.75) is 71.2 Å². The zero-order valence-electron chi connectivity index (χ0n) is 29.2. The molecule has 1 saturated carbocycles. The molecular weight excluding hydrogens is 622 g/mol. The van der Waals surface area contributed by atoms with Crippen LogP contribution in [0.5, 0.6) is 11.5 Å². The molecule has 0 spiro atoms. The molecule has 1 saturated heterocycles. The van der Waals surface area contributed by atoms with Crippen LogP contribution in [0.25, 0.3) is 33.6 Å². The second-order valence-corrected chi connectivity index (χ2v) is 14.3. The highest BCUT2D eigenvalue weighted by Gasteiger charge is 2.30. The maximum absolute atomic E-state index is 13.9. The van der Waals surface area contributed by atoms with Gasteiger partial charge in [0.25, 0.3) is 5.91 Å². The largest absolute Gasteiger partial charge is 0.497 e. The monoisotopic (exact) mass is 667 g/mol. The molecular formula is C37H45N7O5. The molecule has 0 bridgehead atoms. The molecule has 258 valence electrons. The van der Waals surface area contributed by atoms with E-state index in [0.717, 1.165) is 58.8 Å². The lowest BCUT2D eigenvalue weighted by molar-refractivity contribution is 0.0452. The van der Waals surface area contributed by atoms with Crippen LogP contribution in [0.2, 0.25) is 0 Å². The van der Waals surface area contributed by atoms with Crippen LogP contribution in [0.1, 0.15) is 62.4 Å². The second kappa shape index (κ2) is 12.8. The Bertz CT molecular complexity index is 2010. The molecule has 1 aliphatic carbocycles. The van der Waals surface area contributed by atoms with Gasteiger partial charge >= 0.3 is 6.09 Å². The highest BCUT2D eigenvalue weighted by atomic mass is 16.6. The van der Waals surface area contributed by atoms with E-state index < -0.39 is 11.7 Å². The van der Waals surface area contributed by atoms with Gasteiger partial charge in [0.2, 0.25) is 0 Å². The fourth-order valence-corrected chi connectivity index (χ4v) is 6.83. The number of ether oxygens (including phenoxy) is 3. The average Bonchev–Trinajstić information content (AvgIpc) is 3.58. The van der Waals surface area contributed by atoms with E-state index in [2.05, 4.69) is 37.3 Å². The minimum Gasteiger partial charge on any atom is -0.497 e. The normalized spacial score (nSPS) is 16.7. The first kappa shape index (κ1) is 32.5. The number of fused-ring (bicyclic) bond motifs is 2. The van der Waals surface area contributed by atoms with Crippen LogP contribution in [-0.2, 0) is 24.9 Å². The van der Waals surface area contributed by atoms with Crippen molar-refractivity contribution in [3.05, 3.63) is 59.8 Å². The Kier molecular flexibility index (Phi) is 8.50. The van der Waals surface area contributed by atoms with Gasteiger partial charge in [-0.3, -0.25) is 4.79 Å². The first-order valence-electron chi connectivity index (χ1n) is 17.0. The van der Waals surface area contributed by atoms with Crippen molar-refractivity contribution in [1.82, 2.24) is 34.1 Å². The Hall–Kier alpha value is -5.00. The molecule has 7 rings (SSSR count). The summed E-state index contributed by atoms with van der Waals surface area (Å²) in [4.78, 5) is 33.2. The number of imidazole rings is 1. The number of nitrogens with zero attached hydrogens (tertiary/aromatic N) is 6. The van der Waals surface area contributed by atoms with Crippen molar-refractivity contribution in [3.8, 4) is 23.0 Å². The van der Waals surface area contributed by atoms with Gasteiger partial charge in [-0.25, -0.2) is 14.5 Å². The smallest absolute Gasteiger partial charge is 0.407 e. The molecule has 1 N–H and O–H groups in total. The lowest BCUT2D eigenvalue weighted by Crippen LogP contribution is -2.50. The van der Waals surface area contributed by atoms with Gasteiger partial charge in [-0.15, -0.1) is 0 Å². The van der Waals surface area contributed by atoms with E-state index in [4.69, 9.17) is 24.3 Å². The summed E-state index contributed by atoms with van der Waals surface area (Å²) in [6.07, 6.45) is 5.43. The van der Waals surface area contributed by atoms with Crippen LogP contribution in [0.4, 0.5) is 4.79 Å². The minimum atomic E-state index is -0.592. The molecule has 5 aromatic rings. The summed E-state index contributed by atoms with van der Waals surface area (Å²) < 4.78 is 23.1. The van der Waals surface area contributed by atoms with Crippen molar-refractivity contribution in [1.29, 1.82) is 0 Å². The van der Waals surface area contributed by atoms with Crippen LogP contribution >= 0.6 is 0 Å². The molecule has 2 aromatic carbocycles. The van der Waals surface area contributed by atoms with E-state index in [1.807, 2.05) is 52.2 Å². The van der Waals surface area contributed by atoms with Gasteiger partial charge in [-0.2, -0.15) is 5.10 Å². The number of methoxy groups -OCH3 is 2. The summed E-state index contributed by atoms with van der Waals surface area (Å²) in [5, 5.41) is 8.76. The average molecular weight is 668 g/mol. The van der Waals surface area contributed by atoms with Gasteiger partial charge in [0.05, 0.1) is 38.2 Å². The molecule has 49 heavy (non-hydrogen) atoms. The van der Waals surface area contributed by atoms with E-state index in [0.29, 0.717) is 42.4 Å². The number of alkyl carbamates (subject to hydrolysis) is 1. The Morgan fingerprint density at radius 2 is 1.80 bits per heavy atom. The summed E-state index contributed by atoms with van der Waals surface area (Å²) in [7, 11) is 5.29. The van der Waals surface area contributed by atoms with Crippen LogP contribution in [-0.4, -0.2) is 79.8 Å². The third-order valence-electron chi connectivity index (χ3n) is 9.37. The number of piperidine rings is 1. The SMILES string of the molecule is COc1ccc(Cn2ncc3cc(-c4nc5cc(C(=O)N6CCCC(NC(=O)OC(C)(C)C)C6)cc(OC)c5n4C)n(CC4CC4)c32)cc1. The number of hydrogen-bond acceptors (Lipinski definition) is 7. The topological polar surface area (TPSA) is 118 Å². The van der Waals surface area contributed by atoms with E-state index in [1.54, 1.807) is 25.2 Å². The Morgan fingerprint density at radius 3 is 2.49 bits per heavy atom. The van der Waals surface area contributed by atoms with E-state index in [1.165, 1.54) is 12.8 Å². The van der Waals surface area contributed by atoms with E-state index in [9.17, 15) is 9.59 Å². The molecule has 2 aliphatic rings. The molecule has 1 unspecified atom stereocenters. The number of aromatic nitrogens is 5. The van der Waals surface area contributed by atoms with Crippen LogP contribution in [0.15, 0.2) is 48.7 Å². The number of aryl methyl sites for hydroxylation is 1. The number of nitrogens with one attached hydrogen (secondary N) is 1. The highest BCUT2D eigenvalue weighted by molar-refractivity contribution is 6.00. The van der Waals surface area contributed by atoms with Gasteiger partial charge in [0.15, 0.2) is 5.82 Å². The fraction of sp³-hybridized carbons (Fsp3) is 0.459. The summed E-state index contributed by atoms with van der Waals surface area (Å²) in [6.45, 7) is 8.02. The molecule has 2 fully saturated rings. The number of amides is 2. The molecule has 1 atom stereocenters. The third-order valence-corrected chi connectivity index (χ3v) is 9.37. The maximum atomic E-state index is 13.9. The van der Waals surface area contributed by atoms with Crippen molar-refractivity contribution in [2.75, 3.05) is 27.3 Å². The first-order chi connectivity index (χ1) is 23.5. The second-order valence-electron chi connectivity index (χ2n) is 14.3. The van der Waals surface area contributed by atoms with Gasteiger partial charge in [0.1, 0.15) is 28.3 Å². The summed E-state index contributed by atoms with van der Waals surface area (Å²) in [5.74, 6) is 2.70. The minimum absolute atomic E-state index is 0.121. The lowest BCUT2D eigenvalue weighted by atomic mass is 10.0. The predicted molar refractivity (Wildman–Crippen MR) is 187 cm³/mol. The quantitative estimate of drug-likeness (QED) is 0.205. The van der Waals surface area contributed by atoms with Gasteiger partial charge in [-0.1, -0.05) is 12.1 Å². The van der Waals surface area contributed by atoms with Crippen molar-refractivity contribution in [2.24, 2.45) is 13.0 Å². The summed E-state index contributed by atoms with van der Waals surface area (Å²) >= 11 is 0. The van der Waals surface area contributed by atoms with Crippen molar-refractivity contribution < 1.29 is 23.8 Å². The van der Waals surface area contributed by atoms with Gasteiger partial charge in [0, 0.05) is 43.7 Å². The van der Waals surface area contributed by atoms with Gasteiger partial charge in [-0.05, 0) is 88.3 Å². The van der Waals surface area contributed by atoms with Crippen LogP contribution < -0.4 is 14.8 Å². The number of hydrogen-bond donors (Lipinski definition) is 1. The predicted octanol–water partition coefficient (Wildman–Crippen LogP) is 6.00. The van der Waals surface area contributed by atoms with Crippen molar-refractivity contribution >= 4 is 34.1 Å². The van der Waals surface area contributed by atoms with Gasteiger partial charge < -0.3 is 33.6 Å². The molecule has 1 aliphatic heterocycles. The zero-order chi connectivity index (χ0) is 34.4. The third kappa shape index (κ3) is 6.68. The first-order valence-corrected chi connectivity index (χ1v) is 17.0. The van der Waals surface area contributed by atoms with E-state index >= 15 is 0 Å². The molecule has 3 aromatic heterocycles. The van der Waals surface area contributed by atoms with E-state index in [-0.39, 0.29) is 11.9 Å². The Labute approximate surface area is 285 Å². The van der Waals surface area contributed by atoms with Crippen LogP contribution in [0.3, 0.4) is 0 Å². The maximum Gasteiger partial charge on any atom is 0.407 e. The summed E-state index contributed by atoms with van der Waals surface area (Å²) in [5.41, 5.74) is 4.61. The van der Waals surface area contributed by atoms with Crippen LogP contribution in [0, 0.1) is 5.92 Å². The molecule has 0 radical (unpaired) electrons. The number of carbonyl (C=O) groups excluding carboxylic acids is 2. The lowest BCUT2D eigenvalue weighted by Gasteiger charge is -2.33. The standard InChI is InChI=1S/C37H45N7O5/c1-37(2,3)49-36(46)39-27-8-7-15-42(22-27)35(45)25-16-29-32(31(18-25)48-6)41(4)33(40-29)30-17-26-19-38-44(34(26)43(30)20-23-9-10-23)21-24-11-13-28(47-5)14-12-24/h11-14,16-19,23,27H,7-10,15,20-22H2,1-6H3,(H,39,46). The zero-order valence-corrected chi connectivity index (χ0v) is 29.2. The molecule has 12 heteroatoms. The number of likely N-dealkylation sites (tertiary alicyclic amines) is 1. The fourth-order valence-electron chi connectivity index (χ4n) is 6.83. The Balaban J connectivity index is 1.21. The molecule has 4 heterocycles. The van der Waals surface area contributed by atoms with Crippen molar-refractivity contribution in [3.63, 3.8) is 0 Å².